The zero-order valence-corrected chi connectivity index (χ0v) is 10.3. The van der Waals surface area contributed by atoms with Crippen LogP contribution in [0.2, 0.25) is 9.94 Å². The number of rotatable bonds is 1. The number of hydrogen-bond donors (Lipinski definition) is 0. The van der Waals surface area contributed by atoms with Crippen LogP contribution in [0.3, 0.4) is 0 Å². The Labute approximate surface area is 86.2 Å². The summed E-state index contributed by atoms with van der Waals surface area (Å²) in [7, 11) is 0. The third kappa shape index (κ3) is 1.73. The Morgan fingerprint density at radius 2 is 1.54 bits per heavy atom. The van der Waals surface area contributed by atoms with Crippen LogP contribution < -0.4 is 3.61 Å². The van der Waals surface area contributed by atoms with Crippen molar-refractivity contribution in [2.45, 2.75) is 9.94 Å². The van der Waals surface area contributed by atoms with E-state index in [0.29, 0.717) is 0 Å². The molecule has 0 aromatic heterocycles. The zero-order valence-electron chi connectivity index (χ0n) is 7.95. The normalized spacial score (nSPS) is 11.0. The van der Waals surface area contributed by atoms with E-state index in [2.05, 4.69) is 52.4 Å². The Kier molecular flexibility index (Phi) is 2.58. The van der Waals surface area contributed by atoms with Crippen molar-refractivity contribution in [2.24, 2.45) is 0 Å². The Morgan fingerprint density at radius 1 is 0.846 bits per heavy atom. The SMILES string of the molecule is C[Te+](C)c1cccc2ccccc12. The van der Waals surface area contributed by atoms with Crippen molar-refractivity contribution >= 4 is 33.9 Å². The third-order valence-corrected chi connectivity index (χ3v) is 5.72. The molecule has 0 bridgehead atoms. The molecular formula is C12H13Te+. The summed E-state index contributed by atoms with van der Waals surface area (Å²) in [5.41, 5.74) is 0. The summed E-state index contributed by atoms with van der Waals surface area (Å²) in [5.74, 6) is 0. The second kappa shape index (κ2) is 3.70. The molecule has 2 aromatic carbocycles. The minimum absolute atomic E-state index is 0.966. The molecule has 0 fully saturated rings. The monoisotopic (exact) mass is 287 g/mol. The predicted octanol–water partition coefficient (Wildman–Crippen LogP) is 2.80. The summed E-state index contributed by atoms with van der Waals surface area (Å²) in [6, 6.07) is 15.3. The van der Waals surface area contributed by atoms with Crippen LogP contribution in [-0.2, 0) is 0 Å². The maximum absolute atomic E-state index is 2.41. The van der Waals surface area contributed by atoms with Gasteiger partial charge in [-0.25, -0.2) is 0 Å². The average molecular weight is 285 g/mol. The van der Waals surface area contributed by atoms with Gasteiger partial charge in [0, 0.05) is 0 Å². The maximum atomic E-state index is 2.41. The molecule has 1 heteroatoms. The molecule has 13 heavy (non-hydrogen) atoms. The van der Waals surface area contributed by atoms with Gasteiger partial charge in [-0.2, -0.15) is 0 Å². The quantitative estimate of drug-likeness (QED) is 0.707. The first-order chi connectivity index (χ1) is 6.29. The van der Waals surface area contributed by atoms with Gasteiger partial charge < -0.3 is 0 Å². The zero-order chi connectivity index (χ0) is 9.26. The summed E-state index contributed by atoms with van der Waals surface area (Å²) in [6.45, 7) is 0. The van der Waals surface area contributed by atoms with Crippen LogP contribution in [0.15, 0.2) is 42.5 Å². The van der Waals surface area contributed by atoms with Crippen molar-refractivity contribution < 1.29 is 0 Å². The van der Waals surface area contributed by atoms with Crippen molar-refractivity contribution in [3.63, 3.8) is 0 Å². The van der Waals surface area contributed by atoms with Gasteiger partial charge >= 0.3 is 86.3 Å². The molecule has 2 rings (SSSR count). The van der Waals surface area contributed by atoms with Crippen LogP contribution in [0, 0.1) is 0 Å². The first kappa shape index (κ1) is 9.06. The van der Waals surface area contributed by atoms with Crippen LogP contribution in [-0.4, -0.2) is 19.6 Å². The van der Waals surface area contributed by atoms with E-state index in [9.17, 15) is 0 Å². The van der Waals surface area contributed by atoms with Crippen molar-refractivity contribution in [1.82, 2.24) is 0 Å². The Morgan fingerprint density at radius 3 is 2.31 bits per heavy atom. The fraction of sp³-hybridized carbons (Fsp3) is 0.167. The molecule has 0 aliphatic heterocycles. The van der Waals surface area contributed by atoms with E-state index in [-0.39, 0.29) is 0 Å². The topological polar surface area (TPSA) is 0 Å². The molecule has 0 saturated carbocycles. The van der Waals surface area contributed by atoms with E-state index in [1.54, 1.807) is 3.61 Å². The molecule has 0 aliphatic carbocycles. The molecular weight excluding hydrogens is 272 g/mol. The predicted molar refractivity (Wildman–Crippen MR) is 61.1 cm³/mol. The van der Waals surface area contributed by atoms with Crippen LogP contribution in [0.1, 0.15) is 0 Å². The Hall–Kier alpha value is -0.510. The molecule has 0 amide bonds. The molecule has 0 nitrogen and oxygen atoms in total. The Bertz CT molecular complexity index is 413. The van der Waals surface area contributed by atoms with E-state index in [4.69, 9.17) is 0 Å². The molecule has 0 N–H and O–H groups in total. The van der Waals surface area contributed by atoms with E-state index in [1.165, 1.54) is 10.8 Å². The molecule has 0 radical (unpaired) electrons. The van der Waals surface area contributed by atoms with Crippen molar-refractivity contribution in [3.8, 4) is 0 Å². The molecule has 0 aliphatic rings. The second-order valence-corrected chi connectivity index (χ2v) is 9.21. The van der Waals surface area contributed by atoms with Gasteiger partial charge in [-0.1, -0.05) is 0 Å². The molecule has 66 valence electrons. The summed E-state index contributed by atoms with van der Waals surface area (Å²) in [5, 5.41) is 2.85. The third-order valence-electron chi connectivity index (χ3n) is 2.19. The van der Waals surface area contributed by atoms with E-state index < -0.39 is 19.6 Å². The van der Waals surface area contributed by atoms with Gasteiger partial charge in [-0.15, -0.1) is 0 Å². The molecule has 0 spiro atoms. The fourth-order valence-electron chi connectivity index (χ4n) is 1.55. The number of benzene rings is 2. The average Bonchev–Trinajstić information content (AvgIpc) is 2.17. The first-order valence-corrected chi connectivity index (χ1v) is 10.2. The Balaban J connectivity index is 2.76. The molecule has 0 atom stereocenters. The van der Waals surface area contributed by atoms with Crippen LogP contribution in [0.5, 0.6) is 0 Å². The molecule has 0 heterocycles. The van der Waals surface area contributed by atoms with Gasteiger partial charge in [0.05, 0.1) is 0 Å². The van der Waals surface area contributed by atoms with Gasteiger partial charge in [0.1, 0.15) is 0 Å². The minimum atomic E-state index is -0.966. The fourth-order valence-corrected chi connectivity index (χ4v) is 4.34. The van der Waals surface area contributed by atoms with E-state index in [1.807, 2.05) is 0 Å². The summed E-state index contributed by atoms with van der Waals surface area (Å²) >= 11 is -0.966. The van der Waals surface area contributed by atoms with Gasteiger partial charge in [-0.3, -0.25) is 0 Å². The first-order valence-electron chi connectivity index (χ1n) is 4.34. The number of hydrogen-bond acceptors (Lipinski definition) is 0. The summed E-state index contributed by atoms with van der Waals surface area (Å²) in [6.07, 6.45) is 0. The molecule has 0 saturated heterocycles. The standard InChI is InChI=1S/C12H13Te/c1-13(2)12-9-5-7-10-6-3-4-8-11(10)12/h3-9H,1-2H3/q+1. The van der Waals surface area contributed by atoms with Crippen molar-refractivity contribution in [3.05, 3.63) is 42.5 Å². The van der Waals surface area contributed by atoms with Crippen LogP contribution >= 0.6 is 0 Å². The summed E-state index contributed by atoms with van der Waals surface area (Å²) in [4.78, 5) is 4.82. The van der Waals surface area contributed by atoms with E-state index >= 15 is 0 Å². The van der Waals surface area contributed by atoms with Crippen molar-refractivity contribution in [1.29, 1.82) is 0 Å². The van der Waals surface area contributed by atoms with Crippen molar-refractivity contribution in [2.75, 3.05) is 0 Å². The molecule has 0 unspecified atom stereocenters. The van der Waals surface area contributed by atoms with Crippen LogP contribution in [0.25, 0.3) is 10.8 Å². The van der Waals surface area contributed by atoms with Gasteiger partial charge in [0.15, 0.2) is 0 Å². The van der Waals surface area contributed by atoms with E-state index in [0.717, 1.165) is 0 Å². The summed E-state index contributed by atoms with van der Waals surface area (Å²) < 4.78 is 1.61. The van der Waals surface area contributed by atoms with Gasteiger partial charge in [0.25, 0.3) is 0 Å². The van der Waals surface area contributed by atoms with Gasteiger partial charge in [-0.05, 0) is 0 Å². The molecule has 2 aromatic rings. The van der Waals surface area contributed by atoms with Crippen LogP contribution in [0.4, 0.5) is 0 Å². The number of fused-ring (bicyclic) bond motifs is 1. The second-order valence-electron chi connectivity index (χ2n) is 3.29. The van der Waals surface area contributed by atoms with Gasteiger partial charge in [0.2, 0.25) is 0 Å².